The minimum absolute atomic E-state index is 0. The molecule has 0 aliphatic heterocycles. The molecule has 0 aliphatic carbocycles. The predicted octanol–water partition coefficient (Wildman–Crippen LogP) is 2.20. The van der Waals surface area contributed by atoms with Crippen LogP contribution in [0.2, 0.25) is 0 Å². The summed E-state index contributed by atoms with van der Waals surface area (Å²) in [6.07, 6.45) is 6.46. The Hall–Kier alpha value is -2.32. The fourth-order valence-electron chi connectivity index (χ4n) is 2.14. The Balaban J connectivity index is 0.00000192. The lowest BCUT2D eigenvalue weighted by molar-refractivity contribution is 0.416. The zero-order valence-electron chi connectivity index (χ0n) is 12.4. The fourth-order valence-corrected chi connectivity index (χ4v) is 2.70. The molecule has 2 aromatic heterocycles. The third kappa shape index (κ3) is 3.72. The third-order valence-electron chi connectivity index (χ3n) is 3.02. The lowest BCUT2D eigenvalue weighted by atomic mass is 10.1. The van der Waals surface area contributed by atoms with Crippen LogP contribution < -0.4 is 9.46 Å². The number of nitrogens with zero attached hydrogens (tertiary/aromatic N) is 3. The molecule has 0 aliphatic rings. The Morgan fingerprint density at radius 3 is 2.74 bits per heavy atom. The van der Waals surface area contributed by atoms with Crippen molar-refractivity contribution in [2.45, 2.75) is 0 Å². The van der Waals surface area contributed by atoms with Crippen molar-refractivity contribution in [3.05, 3.63) is 42.9 Å². The van der Waals surface area contributed by atoms with Crippen LogP contribution in [-0.2, 0) is 10.0 Å². The molecule has 0 fully saturated rings. The highest BCUT2D eigenvalue weighted by molar-refractivity contribution is 7.92. The number of fused-ring (bicyclic) bond motifs is 1. The molecule has 122 valence electrons. The monoisotopic (exact) mass is 354 g/mol. The zero-order valence-corrected chi connectivity index (χ0v) is 14.1. The average Bonchev–Trinajstić information content (AvgIpc) is 2.89. The van der Waals surface area contributed by atoms with E-state index in [0.717, 1.165) is 11.8 Å². The fraction of sp³-hybridized carbons (Fsp3) is 0.143. The molecule has 3 aromatic rings. The smallest absolute Gasteiger partial charge is 0.234 e. The quantitative estimate of drug-likeness (QED) is 0.776. The average molecular weight is 355 g/mol. The number of anilines is 1. The van der Waals surface area contributed by atoms with Crippen molar-refractivity contribution >= 4 is 33.9 Å². The number of methoxy groups -OCH3 is 1. The lowest BCUT2D eigenvalue weighted by Crippen LogP contribution is -2.09. The van der Waals surface area contributed by atoms with Gasteiger partial charge in [0.2, 0.25) is 15.8 Å². The van der Waals surface area contributed by atoms with Crippen LogP contribution in [0.15, 0.2) is 42.9 Å². The first-order chi connectivity index (χ1) is 10.5. The van der Waals surface area contributed by atoms with Crippen LogP contribution in [0.4, 0.5) is 5.69 Å². The van der Waals surface area contributed by atoms with E-state index in [2.05, 4.69) is 14.7 Å². The summed E-state index contributed by atoms with van der Waals surface area (Å²) in [5, 5.41) is 0. The number of aromatic nitrogens is 3. The standard InChI is InChI=1S/C14H14N4O3S.ClH/c1-21-13-8-10(17-22(2,19)20)4-5-11(13)12-9-18-7-3-6-15-14(18)16-12;/h3-9,17H,1-2H3;1H. The Kier molecular flexibility index (Phi) is 4.76. The molecule has 0 atom stereocenters. The molecule has 0 radical (unpaired) electrons. The van der Waals surface area contributed by atoms with Crippen LogP contribution in [0, 0.1) is 0 Å². The van der Waals surface area contributed by atoms with E-state index in [0.29, 0.717) is 22.9 Å². The molecule has 0 saturated heterocycles. The van der Waals surface area contributed by atoms with Gasteiger partial charge in [0.15, 0.2) is 0 Å². The molecule has 3 rings (SSSR count). The predicted molar refractivity (Wildman–Crippen MR) is 90.7 cm³/mol. The van der Waals surface area contributed by atoms with Gasteiger partial charge in [-0.3, -0.25) is 9.12 Å². The number of rotatable bonds is 4. The largest absolute Gasteiger partial charge is 0.496 e. The van der Waals surface area contributed by atoms with Crippen molar-refractivity contribution in [1.82, 2.24) is 14.4 Å². The summed E-state index contributed by atoms with van der Waals surface area (Å²) in [4.78, 5) is 8.60. The Morgan fingerprint density at radius 2 is 2.09 bits per heavy atom. The highest BCUT2D eigenvalue weighted by Crippen LogP contribution is 2.32. The van der Waals surface area contributed by atoms with E-state index < -0.39 is 10.0 Å². The number of halogens is 1. The van der Waals surface area contributed by atoms with Crippen LogP contribution >= 0.6 is 12.4 Å². The first-order valence-electron chi connectivity index (χ1n) is 6.42. The van der Waals surface area contributed by atoms with Crippen molar-refractivity contribution in [2.24, 2.45) is 0 Å². The van der Waals surface area contributed by atoms with Gasteiger partial charge in [0, 0.05) is 30.2 Å². The Morgan fingerprint density at radius 1 is 1.30 bits per heavy atom. The normalized spacial score (nSPS) is 11.0. The highest BCUT2D eigenvalue weighted by atomic mass is 35.5. The molecule has 1 N–H and O–H groups in total. The maximum atomic E-state index is 11.3. The second kappa shape index (κ2) is 6.43. The number of imidazole rings is 1. The van der Waals surface area contributed by atoms with Gasteiger partial charge in [-0.2, -0.15) is 0 Å². The number of benzene rings is 1. The number of hydrogen-bond acceptors (Lipinski definition) is 5. The molecule has 0 saturated carbocycles. The molecular formula is C14H15ClN4O3S. The van der Waals surface area contributed by atoms with Crippen molar-refractivity contribution in [3.63, 3.8) is 0 Å². The summed E-state index contributed by atoms with van der Waals surface area (Å²) in [6, 6.07) is 6.85. The molecule has 2 heterocycles. The maximum absolute atomic E-state index is 11.3. The lowest BCUT2D eigenvalue weighted by Gasteiger charge is -2.09. The molecule has 23 heavy (non-hydrogen) atoms. The highest BCUT2D eigenvalue weighted by Gasteiger charge is 2.12. The van der Waals surface area contributed by atoms with E-state index in [-0.39, 0.29) is 12.4 Å². The molecule has 0 amide bonds. The second-order valence-corrected chi connectivity index (χ2v) is 6.49. The van der Waals surface area contributed by atoms with Gasteiger partial charge in [0.25, 0.3) is 0 Å². The van der Waals surface area contributed by atoms with Crippen LogP contribution in [0.5, 0.6) is 5.75 Å². The van der Waals surface area contributed by atoms with Crippen LogP contribution in [-0.4, -0.2) is 36.2 Å². The summed E-state index contributed by atoms with van der Waals surface area (Å²) >= 11 is 0. The first-order valence-corrected chi connectivity index (χ1v) is 8.31. The van der Waals surface area contributed by atoms with Crippen LogP contribution in [0.1, 0.15) is 0 Å². The third-order valence-corrected chi connectivity index (χ3v) is 3.62. The van der Waals surface area contributed by atoms with E-state index in [9.17, 15) is 8.42 Å². The van der Waals surface area contributed by atoms with E-state index in [4.69, 9.17) is 4.74 Å². The van der Waals surface area contributed by atoms with E-state index >= 15 is 0 Å². The minimum atomic E-state index is -3.34. The summed E-state index contributed by atoms with van der Waals surface area (Å²) < 4.78 is 32.2. The van der Waals surface area contributed by atoms with Gasteiger partial charge >= 0.3 is 0 Å². The first kappa shape index (κ1) is 17.0. The molecule has 9 heteroatoms. The number of ether oxygens (including phenoxy) is 1. The topological polar surface area (TPSA) is 85.6 Å². The Labute approximate surface area is 139 Å². The van der Waals surface area contributed by atoms with Gasteiger partial charge in [-0.25, -0.2) is 18.4 Å². The molecule has 1 aromatic carbocycles. The Bertz CT molecular complexity index is 907. The molecule has 7 nitrogen and oxygen atoms in total. The van der Waals surface area contributed by atoms with Gasteiger partial charge in [-0.05, 0) is 18.2 Å². The van der Waals surface area contributed by atoms with E-state index in [1.165, 1.54) is 7.11 Å². The van der Waals surface area contributed by atoms with Gasteiger partial charge in [0.1, 0.15) is 5.75 Å². The van der Waals surface area contributed by atoms with E-state index in [1.54, 1.807) is 28.8 Å². The summed E-state index contributed by atoms with van der Waals surface area (Å²) in [7, 11) is -1.81. The number of sulfonamides is 1. The molecule has 0 spiro atoms. The van der Waals surface area contributed by atoms with E-state index in [1.807, 2.05) is 18.5 Å². The maximum Gasteiger partial charge on any atom is 0.234 e. The minimum Gasteiger partial charge on any atom is -0.496 e. The van der Waals surface area contributed by atoms with Crippen molar-refractivity contribution in [2.75, 3.05) is 18.1 Å². The van der Waals surface area contributed by atoms with Gasteiger partial charge in [-0.1, -0.05) is 0 Å². The van der Waals surface area contributed by atoms with Gasteiger partial charge < -0.3 is 4.74 Å². The van der Waals surface area contributed by atoms with Gasteiger partial charge in [0.05, 0.1) is 24.7 Å². The molecule has 0 unspecified atom stereocenters. The zero-order chi connectivity index (χ0) is 15.7. The molecule has 0 bridgehead atoms. The number of hydrogen-bond donors (Lipinski definition) is 1. The molecular weight excluding hydrogens is 340 g/mol. The SMILES string of the molecule is COc1cc(NS(C)(=O)=O)ccc1-c1cn2cccnc2n1.Cl. The van der Waals surface area contributed by atoms with Crippen LogP contribution in [0.25, 0.3) is 17.0 Å². The second-order valence-electron chi connectivity index (χ2n) is 4.74. The van der Waals surface area contributed by atoms with Crippen molar-refractivity contribution < 1.29 is 13.2 Å². The summed E-state index contributed by atoms with van der Waals surface area (Å²) in [5.74, 6) is 1.11. The van der Waals surface area contributed by atoms with Crippen molar-refractivity contribution in [1.29, 1.82) is 0 Å². The number of nitrogens with one attached hydrogen (secondary N) is 1. The summed E-state index contributed by atoms with van der Waals surface area (Å²) in [5.41, 5.74) is 1.89. The van der Waals surface area contributed by atoms with Gasteiger partial charge in [-0.15, -0.1) is 12.4 Å². The van der Waals surface area contributed by atoms with Crippen LogP contribution in [0.3, 0.4) is 0 Å². The summed E-state index contributed by atoms with van der Waals surface area (Å²) in [6.45, 7) is 0. The van der Waals surface area contributed by atoms with Crippen molar-refractivity contribution in [3.8, 4) is 17.0 Å².